The van der Waals surface area contributed by atoms with Gasteiger partial charge in [0.25, 0.3) is 0 Å². The quantitative estimate of drug-likeness (QED) is 0.888. The lowest BCUT2D eigenvalue weighted by molar-refractivity contribution is 0.473. The first-order valence-corrected chi connectivity index (χ1v) is 6.30. The monoisotopic (exact) mass is 270 g/mol. The van der Waals surface area contributed by atoms with Crippen molar-refractivity contribution in [2.24, 2.45) is 0 Å². The summed E-state index contributed by atoms with van der Waals surface area (Å²) in [6, 6.07) is 4.45. The topological polar surface area (TPSA) is 24.9 Å². The molecule has 2 unspecified atom stereocenters. The average Bonchev–Trinajstić information content (AvgIpc) is 2.25. The Morgan fingerprint density at radius 2 is 2.20 bits per heavy atom. The van der Waals surface area contributed by atoms with Gasteiger partial charge in [-0.1, -0.05) is 13.8 Å². The number of nitrogens with zero attached hydrogens (tertiary/aromatic N) is 1. The van der Waals surface area contributed by atoms with E-state index in [1.165, 1.54) is 6.42 Å². The van der Waals surface area contributed by atoms with Crippen LogP contribution >= 0.6 is 15.9 Å². The molecule has 1 aromatic rings. The van der Waals surface area contributed by atoms with E-state index in [-0.39, 0.29) is 0 Å². The minimum absolute atomic E-state index is 0.423. The van der Waals surface area contributed by atoms with Crippen LogP contribution in [0.25, 0.3) is 0 Å². The molecule has 0 aliphatic carbocycles. The molecule has 15 heavy (non-hydrogen) atoms. The first-order chi connectivity index (χ1) is 7.16. The Kier molecular flexibility index (Phi) is 5.26. The van der Waals surface area contributed by atoms with Gasteiger partial charge in [-0.15, -0.1) is 0 Å². The lowest BCUT2D eigenvalue weighted by Gasteiger charge is -2.21. The Bertz CT molecular complexity index is 301. The first-order valence-electron chi connectivity index (χ1n) is 5.50. The fourth-order valence-corrected chi connectivity index (χ4v) is 2.13. The van der Waals surface area contributed by atoms with Crippen LogP contribution in [0, 0.1) is 0 Å². The van der Waals surface area contributed by atoms with Gasteiger partial charge in [-0.25, -0.2) is 0 Å². The summed E-state index contributed by atoms with van der Waals surface area (Å²) in [5, 5.41) is 3.50. The Balaban J connectivity index is 2.67. The van der Waals surface area contributed by atoms with Crippen molar-refractivity contribution in [3.8, 4) is 0 Å². The number of aromatic nitrogens is 1. The lowest BCUT2D eigenvalue weighted by Crippen LogP contribution is -2.32. The van der Waals surface area contributed by atoms with E-state index in [9.17, 15) is 0 Å². The second-order valence-corrected chi connectivity index (χ2v) is 4.76. The summed E-state index contributed by atoms with van der Waals surface area (Å²) in [5.41, 5.74) is 1.13. The molecule has 1 heterocycles. The van der Waals surface area contributed by atoms with Gasteiger partial charge in [0.05, 0.1) is 5.69 Å². The smallest absolute Gasteiger partial charge is 0.0588 e. The van der Waals surface area contributed by atoms with Gasteiger partial charge in [-0.3, -0.25) is 4.98 Å². The summed E-state index contributed by atoms with van der Waals surface area (Å²) in [4.78, 5) is 4.42. The second-order valence-electron chi connectivity index (χ2n) is 3.90. The molecule has 0 spiro atoms. The van der Waals surface area contributed by atoms with Gasteiger partial charge in [0.2, 0.25) is 0 Å². The summed E-state index contributed by atoms with van der Waals surface area (Å²) < 4.78 is 1.10. The van der Waals surface area contributed by atoms with Gasteiger partial charge in [0.15, 0.2) is 0 Å². The number of nitrogens with one attached hydrogen (secondary N) is 1. The van der Waals surface area contributed by atoms with Gasteiger partial charge in [-0.05, 0) is 48.0 Å². The molecule has 0 aromatic carbocycles. The molecule has 84 valence electrons. The minimum Gasteiger partial charge on any atom is -0.314 e. The number of pyridine rings is 1. The molecule has 1 aromatic heterocycles. The number of hydrogen-bond donors (Lipinski definition) is 1. The molecule has 2 atom stereocenters. The van der Waals surface area contributed by atoms with E-state index in [0.29, 0.717) is 12.0 Å². The predicted molar refractivity (Wildman–Crippen MR) is 68.1 cm³/mol. The average molecular weight is 271 g/mol. The highest BCUT2D eigenvalue weighted by Crippen LogP contribution is 2.24. The van der Waals surface area contributed by atoms with Gasteiger partial charge in [0, 0.05) is 22.6 Å². The van der Waals surface area contributed by atoms with Crippen molar-refractivity contribution in [3.05, 3.63) is 28.5 Å². The first kappa shape index (κ1) is 12.7. The summed E-state index contributed by atoms with van der Waals surface area (Å²) in [6.07, 6.45) is 3.02. The summed E-state index contributed by atoms with van der Waals surface area (Å²) >= 11 is 3.54. The molecule has 2 nitrogen and oxygen atoms in total. The molecule has 0 amide bonds. The van der Waals surface area contributed by atoms with Crippen LogP contribution in [0.2, 0.25) is 0 Å². The lowest BCUT2D eigenvalue weighted by atomic mass is 9.99. The van der Waals surface area contributed by atoms with Crippen LogP contribution in [-0.2, 0) is 0 Å². The molecular formula is C12H19BrN2. The third-order valence-corrected chi connectivity index (χ3v) is 3.36. The highest BCUT2D eigenvalue weighted by molar-refractivity contribution is 9.10. The summed E-state index contributed by atoms with van der Waals surface area (Å²) in [7, 11) is 0. The van der Waals surface area contributed by atoms with E-state index in [1.54, 1.807) is 0 Å². The fraction of sp³-hybridized carbons (Fsp3) is 0.583. The zero-order valence-electron chi connectivity index (χ0n) is 9.63. The molecule has 0 saturated carbocycles. The highest BCUT2D eigenvalue weighted by atomic mass is 79.9. The molecular weight excluding hydrogens is 252 g/mol. The van der Waals surface area contributed by atoms with Crippen LogP contribution in [0.15, 0.2) is 22.8 Å². The van der Waals surface area contributed by atoms with Crippen LogP contribution in [0.1, 0.15) is 38.8 Å². The van der Waals surface area contributed by atoms with Gasteiger partial charge < -0.3 is 5.32 Å². The Morgan fingerprint density at radius 1 is 1.47 bits per heavy atom. The maximum atomic E-state index is 4.42. The van der Waals surface area contributed by atoms with E-state index >= 15 is 0 Å². The van der Waals surface area contributed by atoms with Crippen molar-refractivity contribution >= 4 is 15.9 Å². The maximum Gasteiger partial charge on any atom is 0.0588 e. The van der Waals surface area contributed by atoms with E-state index < -0.39 is 0 Å². The zero-order valence-corrected chi connectivity index (χ0v) is 11.2. The third-order valence-electron chi connectivity index (χ3n) is 2.68. The molecule has 0 saturated heterocycles. The number of halogens is 1. The largest absolute Gasteiger partial charge is 0.314 e. The number of rotatable bonds is 5. The van der Waals surface area contributed by atoms with E-state index in [1.807, 2.05) is 18.3 Å². The predicted octanol–water partition coefficient (Wildman–Crippen LogP) is 3.34. The van der Waals surface area contributed by atoms with Gasteiger partial charge in [-0.2, -0.15) is 0 Å². The van der Waals surface area contributed by atoms with Gasteiger partial charge in [0.1, 0.15) is 0 Å². The van der Waals surface area contributed by atoms with E-state index in [4.69, 9.17) is 0 Å². The standard InChI is InChI=1S/C12H19BrN2/c1-4-7-14-10(3)9(2)12-11(13)6-5-8-15-12/h5-6,8-10,14H,4,7H2,1-3H3. The molecule has 0 aliphatic rings. The van der Waals surface area contributed by atoms with Crippen molar-refractivity contribution in [3.63, 3.8) is 0 Å². The van der Waals surface area contributed by atoms with E-state index in [2.05, 4.69) is 47.0 Å². The molecule has 0 fully saturated rings. The van der Waals surface area contributed by atoms with Gasteiger partial charge >= 0.3 is 0 Å². The normalized spacial score (nSPS) is 14.9. The van der Waals surface area contributed by atoms with Crippen molar-refractivity contribution in [1.29, 1.82) is 0 Å². The summed E-state index contributed by atoms with van der Waals surface area (Å²) in [5.74, 6) is 0.423. The fourth-order valence-electron chi connectivity index (χ4n) is 1.52. The Labute approximate surface area is 101 Å². The molecule has 1 N–H and O–H groups in total. The van der Waals surface area contributed by atoms with E-state index in [0.717, 1.165) is 16.7 Å². The minimum atomic E-state index is 0.423. The third kappa shape index (κ3) is 3.58. The molecule has 3 heteroatoms. The second kappa shape index (κ2) is 6.23. The Morgan fingerprint density at radius 3 is 2.80 bits per heavy atom. The molecule has 0 bridgehead atoms. The van der Waals surface area contributed by atoms with Crippen molar-refractivity contribution < 1.29 is 0 Å². The summed E-state index contributed by atoms with van der Waals surface area (Å²) in [6.45, 7) is 7.67. The van der Waals surface area contributed by atoms with Crippen molar-refractivity contribution in [1.82, 2.24) is 10.3 Å². The molecule has 1 rings (SSSR count). The van der Waals surface area contributed by atoms with Crippen LogP contribution in [0.3, 0.4) is 0 Å². The van der Waals surface area contributed by atoms with Crippen LogP contribution < -0.4 is 5.32 Å². The van der Waals surface area contributed by atoms with Crippen LogP contribution in [-0.4, -0.2) is 17.6 Å². The molecule has 0 aliphatic heterocycles. The van der Waals surface area contributed by atoms with Crippen LogP contribution in [0.4, 0.5) is 0 Å². The van der Waals surface area contributed by atoms with Crippen LogP contribution in [0.5, 0.6) is 0 Å². The molecule has 0 radical (unpaired) electrons. The number of hydrogen-bond acceptors (Lipinski definition) is 2. The van der Waals surface area contributed by atoms with Crippen molar-refractivity contribution in [2.75, 3.05) is 6.54 Å². The van der Waals surface area contributed by atoms with Crippen molar-refractivity contribution in [2.45, 2.75) is 39.2 Å². The SMILES string of the molecule is CCCNC(C)C(C)c1ncccc1Br. The zero-order chi connectivity index (χ0) is 11.3. The highest BCUT2D eigenvalue weighted by Gasteiger charge is 2.16. The maximum absolute atomic E-state index is 4.42. The Hall–Kier alpha value is -0.410.